The molecule has 7 atom stereocenters. The molecule has 2 aliphatic heterocycles. The highest BCUT2D eigenvalue weighted by molar-refractivity contribution is 7.41. The Morgan fingerprint density at radius 3 is 1.69 bits per heavy atom. The van der Waals surface area contributed by atoms with E-state index in [0.717, 1.165) is 61.2 Å². The monoisotopic (exact) mass is 1740 g/mol. The van der Waals surface area contributed by atoms with Crippen LogP contribution in [0, 0.1) is 0 Å². The summed E-state index contributed by atoms with van der Waals surface area (Å²) in [5.74, 6) is -1.10. The number of amides is 5. The number of esters is 1. The molecule has 32 nitrogen and oxygen atoms in total. The number of carbonyl (C=O) groups is 6. The fraction of sp³-hybridized carbons (Fsp3) is 0.319. The van der Waals surface area contributed by atoms with Gasteiger partial charge in [-0.2, -0.15) is 4.98 Å². The average molecular weight is 1740 g/mol. The van der Waals surface area contributed by atoms with Gasteiger partial charge in [-0.15, -0.1) is 0 Å². The topological polar surface area (TPSA) is 374 Å². The molecule has 4 aliphatic rings. The van der Waals surface area contributed by atoms with Crippen LogP contribution in [0.1, 0.15) is 131 Å². The second-order valence-electron chi connectivity index (χ2n) is 31.2. The Morgan fingerprint density at radius 1 is 0.567 bits per heavy atom. The van der Waals surface area contributed by atoms with Crippen molar-refractivity contribution in [2.75, 3.05) is 91.7 Å². The molecule has 656 valence electrons. The maximum atomic E-state index is 14.1. The Kier molecular flexibility index (Phi) is 27.5. The number of fused-ring (bicyclic) bond motifs is 8. The number of H-pyrrole nitrogens is 1. The predicted octanol–water partition coefficient (Wildman–Crippen LogP) is 13.6. The van der Waals surface area contributed by atoms with Crippen LogP contribution < -0.4 is 31.0 Å². The minimum absolute atomic E-state index is 0.0230. The average Bonchev–Trinajstić information content (AvgIpc) is 1.18. The van der Waals surface area contributed by atoms with Crippen molar-refractivity contribution in [2.45, 2.75) is 113 Å². The standard InChI is InChI=1S/C94H96N13O19P/c1-6-46-122-127(123-53-77-75(108)47-81(124-77)107-57-99-85-88(107)102-91(103-90(85)113)100-79(109)30-18-44-104(2)92(114)119-50-73-69-26-14-10-22-65(69)66-23-11-15-27-70(66)73)126-76-48-82(125-78(76)52-121-94(60-20-8-7-9-21-60,61-36-40-63(116-4)41-37-61)62-38-42-64(117-5)43-39-62)106-56-98-84-86(96-55-97-87(84)106)101-89(112)59-34-32-58(33-35-59)49-95-80(110)54-118-83(111)31-19-45-105(3)93(115)120-51-74-71-28-16-12-24-67(71)68-25-13-17-29-72(68)74/h7-17,20-29,32-43,55-57,73-78,81-82,108H,6,18-19,30-31,44-54H2,1-5H3,(H,95,110)(H,96,97,101,112)(H2,100,102,103,109,113)/t75?,76?,77-,78-,81-,82-,127?/m1/s1. The number of imidazole rings is 2. The van der Waals surface area contributed by atoms with Crippen LogP contribution in [0.15, 0.2) is 224 Å². The fourth-order valence-electron chi connectivity index (χ4n) is 16.5. The van der Waals surface area contributed by atoms with Gasteiger partial charge in [-0.25, -0.2) is 29.5 Å². The molecule has 0 spiro atoms. The van der Waals surface area contributed by atoms with E-state index in [1.165, 1.54) is 33.3 Å². The Labute approximate surface area is 732 Å². The van der Waals surface area contributed by atoms with Gasteiger partial charge in [0.2, 0.25) is 11.9 Å². The fourth-order valence-corrected chi connectivity index (χ4v) is 17.7. The zero-order valence-corrected chi connectivity index (χ0v) is 71.4. The molecule has 12 aromatic rings. The van der Waals surface area contributed by atoms with Gasteiger partial charge < -0.3 is 77.0 Å². The van der Waals surface area contributed by atoms with E-state index in [-0.39, 0.29) is 137 Å². The molecule has 2 aliphatic carbocycles. The number of methoxy groups -OCH3 is 2. The molecule has 5 amide bonds. The van der Waals surface area contributed by atoms with Crippen LogP contribution >= 0.6 is 8.60 Å². The van der Waals surface area contributed by atoms with Gasteiger partial charge in [-0.05, 0) is 122 Å². The van der Waals surface area contributed by atoms with Crippen LogP contribution in [0.3, 0.4) is 0 Å². The molecule has 127 heavy (non-hydrogen) atoms. The summed E-state index contributed by atoms with van der Waals surface area (Å²) >= 11 is 0. The number of ether oxygens (including phenoxy) is 8. The quantitative estimate of drug-likeness (QED) is 0.0104. The van der Waals surface area contributed by atoms with Crippen molar-refractivity contribution in [3.05, 3.63) is 280 Å². The summed E-state index contributed by atoms with van der Waals surface area (Å²) in [5, 5.41) is 20.1. The number of hydrogen-bond donors (Lipinski definition) is 5. The molecule has 8 aromatic carbocycles. The highest BCUT2D eigenvalue weighted by Crippen LogP contribution is 2.51. The van der Waals surface area contributed by atoms with Crippen LogP contribution in [-0.2, 0) is 68.5 Å². The van der Waals surface area contributed by atoms with Crippen LogP contribution in [0.4, 0.5) is 21.4 Å². The first-order chi connectivity index (χ1) is 61.9. The van der Waals surface area contributed by atoms with E-state index in [1.807, 2.05) is 159 Å². The lowest BCUT2D eigenvalue weighted by atomic mass is 9.80. The summed E-state index contributed by atoms with van der Waals surface area (Å²) < 4.78 is 72.3. The van der Waals surface area contributed by atoms with Crippen molar-refractivity contribution in [2.24, 2.45) is 0 Å². The molecular weight excluding hydrogens is 1650 g/mol. The first kappa shape index (κ1) is 87.3. The highest BCUT2D eigenvalue weighted by Gasteiger charge is 2.46. The lowest BCUT2D eigenvalue weighted by Gasteiger charge is -2.37. The highest BCUT2D eigenvalue weighted by atomic mass is 31.2. The number of nitrogens with one attached hydrogen (secondary N) is 4. The molecule has 0 saturated carbocycles. The summed E-state index contributed by atoms with van der Waals surface area (Å²) in [5.41, 5.74) is 10.8. The largest absolute Gasteiger partial charge is 0.497 e. The van der Waals surface area contributed by atoms with Gasteiger partial charge in [0.25, 0.3) is 17.4 Å². The van der Waals surface area contributed by atoms with E-state index in [9.17, 15) is 38.7 Å². The second kappa shape index (κ2) is 40.0. The Hall–Kier alpha value is -13.2. The third kappa shape index (κ3) is 19.6. The first-order valence-corrected chi connectivity index (χ1v) is 43.1. The molecule has 5 N–H and O–H groups in total. The molecular formula is C94H96N13O19P. The van der Waals surface area contributed by atoms with Crippen LogP contribution in [0.25, 0.3) is 44.6 Å². The van der Waals surface area contributed by atoms with E-state index < -0.39 is 99.1 Å². The van der Waals surface area contributed by atoms with Gasteiger partial charge in [-0.3, -0.25) is 43.4 Å². The number of rotatable bonds is 37. The number of aromatic nitrogens is 8. The van der Waals surface area contributed by atoms with Gasteiger partial charge >= 0.3 is 26.8 Å². The zero-order valence-electron chi connectivity index (χ0n) is 70.5. The van der Waals surface area contributed by atoms with Crippen LogP contribution in [0.2, 0.25) is 0 Å². The van der Waals surface area contributed by atoms with Crippen molar-refractivity contribution in [1.82, 2.24) is 54.2 Å². The second-order valence-corrected chi connectivity index (χ2v) is 32.4. The zero-order chi connectivity index (χ0) is 88.1. The van der Waals surface area contributed by atoms with Gasteiger partial charge in [0.05, 0.1) is 58.9 Å². The molecule has 0 bridgehead atoms. The summed E-state index contributed by atoms with van der Waals surface area (Å²) in [4.78, 5) is 121. The normalized spacial score (nSPS) is 17.1. The third-order valence-corrected chi connectivity index (χ3v) is 24.2. The number of aromatic amines is 1. The van der Waals surface area contributed by atoms with E-state index in [1.54, 1.807) is 57.1 Å². The summed E-state index contributed by atoms with van der Waals surface area (Å²) in [6.45, 7) is 2.12. The van der Waals surface area contributed by atoms with Gasteiger partial charge in [0, 0.05) is 76.8 Å². The summed E-state index contributed by atoms with van der Waals surface area (Å²) in [6.07, 6.45) is -1.14. The van der Waals surface area contributed by atoms with Crippen molar-refractivity contribution in [3.8, 4) is 33.8 Å². The Balaban J connectivity index is 0.554. The molecule has 33 heteroatoms. The molecule has 0 radical (unpaired) electrons. The van der Waals surface area contributed by atoms with E-state index in [4.69, 9.17) is 56.5 Å². The van der Waals surface area contributed by atoms with Gasteiger partial charge in [0.15, 0.2) is 34.8 Å². The third-order valence-electron chi connectivity index (χ3n) is 23.0. The molecule has 16 rings (SSSR count). The number of hydrogen-bond acceptors (Lipinski definition) is 24. The van der Waals surface area contributed by atoms with E-state index >= 15 is 0 Å². The number of benzene rings is 8. The Bertz CT molecular complexity index is 5840. The Morgan fingerprint density at radius 2 is 1.10 bits per heavy atom. The smallest absolute Gasteiger partial charge is 0.409 e. The lowest BCUT2D eigenvalue weighted by Crippen LogP contribution is -2.38. The maximum absolute atomic E-state index is 14.1. The van der Waals surface area contributed by atoms with Crippen molar-refractivity contribution in [1.29, 1.82) is 0 Å². The van der Waals surface area contributed by atoms with E-state index in [2.05, 4.69) is 65.1 Å². The number of aliphatic hydroxyl groups excluding tert-OH is 1. The van der Waals surface area contributed by atoms with Crippen molar-refractivity contribution in [3.63, 3.8) is 0 Å². The minimum Gasteiger partial charge on any atom is -0.497 e. The van der Waals surface area contributed by atoms with Crippen LogP contribution in [-0.4, -0.2) is 195 Å². The van der Waals surface area contributed by atoms with Gasteiger partial charge in [-0.1, -0.05) is 171 Å². The predicted molar refractivity (Wildman–Crippen MR) is 468 cm³/mol. The first-order valence-electron chi connectivity index (χ1n) is 42.0. The minimum atomic E-state index is -2.27. The summed E-state index contributed by atoms with van der Waals surface area (Å²) in [7, 11) is 4.14. The number of aliphatic hydroxyl groups is 1. The maximum Gasteiger partial charge on any atom is 0.409 e. The van der Waals surface area contributed by atoms with E-state index in [0.29, 0.717) is 29.1 Å². The molecule has 3 unspecified atom stereocenters. The van der Waals surface area contributed by atoms with Crippen molar-refractivity contribution >= 4 is 78.6 Å². The van der Waals surface area contributed by atoms with Gasteiger partial charge in [0.1, 0.15) is 61.3 Å². The number of anilines is 2. The van der Waals surface area contributed by atoms with Crippen LogP contribution in [0.5, 0.6) is 11.5 Å². The molecule has 2 saturated heterocycles. The SMILES string of the molecule is CCCOP(OC[C@H]1O[C@@H](n2cnc3c(=O)[nH]c(NC(=O)CCCN(C)C(=O)OCC4c5ccccc5-c5ccccc54)nc32)CC1O)OC1C[C@H](n2cnc3c(NC(=O)c4ccc(CNC(=O)COC(=O)CCCN(C)C(=O)OCC5c6ccccc6-c6ccccc65)cc4)ncnc32)O[C@@H]1COC(c1ccccc1)(c1ccc(OC)cc1)c1ccc(OC)cc1. The lowest BCUT2D eigenvalue weighted by molar-refractivity contribution is -0.148. The number of carbonyl (C=O) groups excluding carboxylic acids is 6. The molecule has 6 heterocycles. The molecule has 2 fully saturated rings. The number of nitrogens with zero attached hydrogens (tertiary/aromatic N) is 9. The summed E-state index contributed by atoms with van der Waals surface area (Å²) in [6, 6.07) is 63.9. The van der Waals surface area contributed by atoms with Crippen molar-refractivity contribution < 1.29 is 85.3 Å². The molecule has 4 aromatic heterocycles.